The molecule has 1 saturated carbocycles. The topological polar surface area (TPSA) is 56.1 Å². The summed E-state index contributed by atoms with van der Waals surface area (Å²) in [6, 6.07) is 3.85. The van der Waals surface area contributed by atoms with Crippen LogP contribution in [0, 0.1) is 23.2 Å². The smallest absolute Gasteiger partial charge is 0.239 e. The maximum absolute atomic E-state index is 12.2. The van der Waals surface area contributed by atoms with Crippen LogP contribution in [0.2, 0.25) is 0 Å². The number of carbonyl (C=O) groups is 1. The third-order valence-corrected chi connectivity index (χ3v) is 5.61. The Kier molecular flexibility index (Phi) is 4.57. The average Bonchev–Trinajstić information content (AvgIpc) is 2.94. The number of carbonyl (C=O) groups excluding carboxylic acids is 1. The summed E-state index contributed by atoms with van der Waals surface area (Å²) >= 11 is 1.41. The van der Waals surface area contributed by atoms with E-state index in [9.17, 15) is 4.79 Å². The van der Waals surface area contributed by atoms with Crippen LogP contribution in [0.5, 0.6) is 0 Å². The number of hydrogen-bond acceptors (Lipinski definition) is 4. The Morgan fingerprint density at radius 2 is 2.19 bits per heavy atom. The Bertz CT molecular complexity index is 548. The molecule has 0 radical (unpaired) electrons. The van der Waals surface area contributed by atoms with Gasteiger partial charge < -0.3 is 5.32 Å². The highest BCUT2D eigenvalue weighted by atomic mass is 32.1. The monoisotopic (exact) mass is 303 g/mol. The minimum atomic E-state index is 0.00297. The van der Waals surface area contributed by atoms with Crippen molar-refractivity contribution in [2.24, 2.45) is 11.8 Å². The molecule has 2 fully saturated rings. The molecule has 1 amide bonds. The second kappa shape index (κ2) is 6.59. The molecule has 1 aliphatic heterocycles. The van der Waals surface area contributed by atoms with Crippen molar-refractivity contribution >= 4 is 22.2 Å². The van der Waals surface area contributed by atoms with Crippen LogP contribution in [0.4, 0.5) is 5.00 Å². The van der Waals surface area contributed by atoms with Crippen LogP contribution in [0.15, 0.2) is 11.4 Å². The van der Waals surface area contributed by atoms with Crippen LogP contribution < -0.4 is 5.32 Å². The Morgan fingerprint density at radius 3 is 3.00 bits per heavy atom. The summed E-state index contributed by atoms with van der Waals surface area (Å²) < 4.78 is 0. The van der Waals surface area contributed by atoms with E-state index in [0.29, 0.717) is 17.1 Å². The molecule has 2 atom stereocenters. The Morgan fingerprint density at radius 1 is 1.38 bits per heavy atom. The Balaban J connectivity index is 1.52. The van der Waals surface area contributed by atoms with Gasteiger partial charge in [0.2, 0.25) is 5.91 Å². The third kappa shape index (κ3) is 3.45. The Labute approximate surface area is 129 Å². The zero-order valence-corrected chi connectivity index (χ0v) is 13.0. The van der Waals surface area contributed by atoms with E-state index in [4.69, 9.17) is 5.26 Å². The predicted molar refractivity (Wildman–Crippen MR) is 84.2 cm³/mol. The number of amides is 1. The van der Waals surface area contributed by atoms with Crippen LogP contribution >= 0.6 is 11.3 Å². The quantitative estimate of drug-likeness (QED) is 0.933. The highest BCUT2D eigenvalue weighted by Gasteiger charge is 2.31. The molecule has 0 bridgehead atoms. The molecule has 0 aromatic carbocycles. The highest BCUT2D eigenvalue weighted by Crippen LogP contribution is 2.35. The SMILES string of the molecule is N#Cc1ccsc1NC(=O)CN1CC[C@@H]2CCCC[C@@H]2C1. The lowest BCUT2D eigenvalue weighted by Gasteiger charge is -2.41. The minimum absolute atomic E-state index is 0.00297. The number of nitriles is 1. The molecular formula is C16H21N3OS. The maximum Gasteiger partial charge on any atom is 0.239 e. The van der Waals surface area contributed by atoms with E-state index < -0.39 is 0 Å². The molecule has 21 heavy (non-hydrogen) atoms. The molecule has 5 heteroatoms. The van der Waals surface area contributed by atoms with Crippen molar-refractivity contribution in [1.29, 1.82) is 5.26 Å². The first-order chi connectivity index (χ1) is 10.3. The molecule has 1 aromatic rings. The van der Waals surface area contributed by atoms with Crippen molar-refractivity contribution in [3.05, 3.63) is 17.0 Å². The van der Waals surface area contributed by atoms with Crippen LogP contribution in [0.25, 0.3) is 0 Å². The summed E-state index contributed by atoms with van der Waals surface area (Å²) in [5.41, 5.74) is 0.555. The summed E-state index contributed by atoms with van der Waals surface area (Å²) in [7, 11) is 0. The van der Waals surface area contributed by atoms with Crippen molar-refractivity contribution in [2.45, 2.75) is 32.1 Å². The molecule has 1 saturated heterocycles. The molecule has 2 heterocycles. The third-order valence-electron chi connectivity index (χ3n) is 4.78. The number of fused-ring (bicyclic) bond motifs is 1. The molecule has 1 N–H and O–H groups in total. The van der Waals surface area contributed by atoms with Gasteiger partial charge in [-0.25, -0.2) is 0 Å². The van der Waals surface area contributed by atoms with Crippen molar-refractivity contribution in [1.82, 2.24) is 4.90 Å². The van der Waals surface area contributed by atoms with Gasteiger partial charge in [0.05, 0.1) is 12.1 Å². The summed E-state index contributed by atoms with van der Waals surface area (Å²) in [4.78, 5) is 14.4. The van der Waals surface area contributed by atoms with Gasteiger partial charge >= 0.3 is 0 Å². The number of piperidine rings is 1. The first-order valence-corrected chi connectivity index (χ1v) is 8.64. The average molecular weight is 303 g/mol. The van der Waals surface area contributed by atoms with Gasteiger partial charge in [-0.05, 0) is 42.7 Å². The second-order valence-electron chi connectivity index (χ2n) is 6.15. The summed E-state index contributed by atoms with van der Waals surface area (Å²) in [5, 5.41) is 14.4. The number of likely N-dealkylation sites (tertiary alicyclic amines) is 1. The number of thiophene rings is 1. The van der Waals surface area contributed by atoms with E-state index in [0.717, 1.165) is 24.9 Å². The number of nitrogens with zero attached hydrogens (tertiary/aromatic N) is 2. The lowest BCUT2D eigenvalue weighted by atomic mass is 9.75. The summed E-state index contributed by atoms with van der Waals surface area (Å²) in [5.74, 6) is 1.68. The zero-order chi connectivity index (χ0) is 14.7. The van der Waals surface area contributed by atoms with Crippen LogP contribution in [0.3, 0.4) is 0 Å². The maximum atomic E-state index is 12.2. The number of hydrogen-bond donors (Lipinski definition) is 1. The van der Waals surface area contributed by atoms with Gasteiger partial charge in [-0.3, -0.25) is 9.69 Å². The molecule has 0 unspecified atom stereocenters. The lowest BCUT2D eigenvalue weighted by Crippen LogP contribution is -2.44. The van der Waals surface area contributed by atoms with E-state index in [1.54, 1.807) is 6.07 Å². The minimum Gasteiger partial charge on any atom is -0.315 e. The highest BCUT2D eigenvalue weighted by molar-refractivity contribution is 7.14. The Hall–Kier alpha value is -1.38. The summed E-state index contributed by atoms with van der Waals surface area (Å²) in [6.07, 6.45) is 6.68. The zero-order valence-electron chi connectivity index (χ0n) is 12.2. The fourth-order valence-electron chi connectivity index (χ4n) is 3.68. The molecule has 4 nitrogen and oxygen atoms in total. The van der Waals surface area contributed by atoms with Gasteiger partial charge in [-0.1, -0.05) is 19.3 Å². The van der Waals surface area contributed by atoms with E-state index in [2.05, 4.69) is 16.3 Å². The van der Waals surface area contributed by atoms with Crippen LogP contribution in [0.1, 0.15) is 37.7 Å². The van der Waals surface area contributed by atoms with E-state index in [1.807, 2.05) is 5.38 Å². The van der Waals surface area contributed by atoms with Gasteiger partial charge in [0.1, 0.15) is 11.1 Å². The number of anilines is 1. The van der Waals surface area contributed by atoms with E-state index in [-0.39, 0.29) is 5.91 Å². The molecule has 1 aromatic heterocycles. The normalized spacial score (nSPS) is 25.9. The van der Waals surface area contributed by atoms with E-state index >= 15 is 0 Å². The van der Waals surface area contributed by atoms with Crippen molar-refractivity contribution in [3.63, 3.8) is 0 Å². The molecule has 2 aliphatic rings. The van der Waals surface area contributed by atoms with Gasteiger partial charge in [-0.15, -0.1) is 11.3 Å². The predicted octanol–water partition coefficient (Wildman–Crippen LogP) is 3.07. The first-order valence-electron chi connectivity index (χ1n) is 7.76. The number of nitrogens with one attached hydrogen (secondary N) is 1. The molecule has 0 spiro atoms. The van der Waals surface area contributed by atoms with Crippen molar-refractivity contribution in [3.8, 4) is 6.07 Å². The standard InChI is InChI=1S/C16H21N3OS/c17-9-13-6-8-21-16(13)18-15(20)11-19-7-5-12-3-1-2-4-14(12)10-19/h6,8,12,14H,1-5,7,10-11H2,(H,18,20)/t12-,14+/m0/s1. The van der Waals surface area contributed by atoms with Gasteiger partial charge in [0.15, 0.2) is 0 Å². The van der Waals surface area contributed by atoms with Crippen molar-refractivity contribution < 1.29 is 4.79 Å². The first kappa shape index (κ1) is 14.6. The van der Waals surface area contributed by atoms with Gasteiger partial charge in [0, 0.05) is 6.54 Å². The van der Waals surface area contributed by atoms with Crippen LogP contribution in [-0.2, 0) is 4.79 Å². The van der Waals surface area contributed by atoms with Crippen molar-refractivity contribution in [2.75, 3.05) is 25.0 Å². The molecular weight excluding hydrogens is 282 g/mol. The second-order valence-corrected chi connectivity index (χ2v) is 7.07. The molecule has 112 valence electrons. The molecule has 3 rings (SSSR count). The fourth-order valence-corrected chi connectivity index (χ4v) is 4.44. The lowest BCUT2D eigenvalue weighted by molar-refractivity contribution is -0.118. The molecule has 1 aliphatic carbocycles. The van der Waals surface area contributed by atoms with Gasteiger partial charge in [-0.2, -0.15) is 5.26 Å². The largest absolute Gasteiger partial charge is 0.315 e. The number of rotatable bonds is 3. The van der Waals surface area contributed by atoms with Crippen LogP contribution in [-0.4, -0.2) is 30.4 Å². The summed E-state index contributed by atoms with van der Waals surface area (Å²) in [6.45, 7) is 2.55. The fraction of sp³-hybridized carbons (Fsp3) is 0.625. The van der Waals surface area contributed by atoms with Gasteiger partial charge in [0.25, 0.3) is 0 Å². The van der Waals surface area contributed by atoms with E-state index in [1.165, 1.54) is 43.4 Å².